The minimum Gasteiger partial charge on any atom is -0.389 e. The molecule has 2 aliphatic rings. The fourth-order valence-corrected chi connectivity index (χ4v) is 3.71. The highest BCUT2D eigenvalue weighted by Gasteiger charge is 2.34. The van der Waals surface area contributed by atoms with Gasteiger partial charge < -0.3 is 10.0 Å². The van der Waals surface area contributed by atoms with Crippen molar-refractivity contribution in [2.24, 2.45) is 0 Å². The summed E-state index contributed by atoms with van der Waals surface area (Å²) in [6.45, 7) is 3.82. The Morgan fingerprint density at radius 3 is 2.50 bits per heavy atom. The van der Waals surface area contributed by atoms with Crippen LogP contribution in [0, 0.1) is 0 Å². The van der Waals surface area contributed by atoms with Gasteiger partial charge in [0, 0.05) is 43.3 Å². The highest BCUT2D eigenvalue weighted by molar-refractivity contribution is 6.30. The van der Waals surface area contributed by atoms with Gasteiger partial charge in [-0.15, -0.1) is 0 Å². The Balaban J connectivity index is 1.54. The first-order chi connectivity index (χ1) is 10.6. The molecule has 3 rings (SSSR count). The molecule has 1 aromatic rings. The average molecular weight is 323 g/mol. The van der Waals surface area contributed by atoms with E-state index in [9.17, 15) is 9.90 Å². The van der Waals surface area contributed by atoms with Crippen molar-refractivity contribution in [3.05, 3.63) is 34.9 Å². The summed E-state index contributed by atoms with van der Waals surface area (Å²) < 4.78 is 0. The lowest BCUT2D eigenvalue weighted by Gasteiger charge is -2.38. The van der Waals surface area contributed by atoms with E-state index in [0.717, 1.165) is 45.3 Å². The molecule has 0 atom stereocenters. The van der Waals surface area contributed by atoms with E-state index in [1.807, 2.05) is 11.0 Å². The molecule has 120 valence electrons. The van der Waals surface area contributed by atoms with E-state index in [4.69, 9.17) is 11.6 Å². The summed E-state index contributed by atoms with van der Waals surface area (Å²) in [6, 6.07) is 7.11. The van der Waals surface area contributed by atoms with E-state index in [0.29, 0.717) is 23.7 Å². The number of halogens is 1. The molecule has 5 heteroatoms. The van der Waals surface area contributed by atoms with Gasteiger partial charge in [-0.3, -0.25) is 9.69 Å². The maximum atomic E-state index is 12.5. The molecular weight excluding hydrogens is 300 g/mol. The first-order valence-electron chi connectivity index (χ1n) is 8.05. The molecule has 1 amide bonds. The van der Waals surface area contributed by atoms with Gasteiger partial charge in [-0.05, 0) is 31.0 Å². The highest BCUT2D eigenvalue weighted by atomic mass is 35.5. The Hall–Kier alpha value is -1.10. The van der Waals surface area contributed by atoms with Gasteiger partial charge in [-0.25, -0.2) is 0 Å². The lowest BCUT2D eigenvalue weighted by atomic mass is 10.0. The second-order valence-corrected chi connectivity index (χ2v) is 6.95. The quantitative estimate of drug-likeness (QED) is 0.929. The number of hydrogen-bond donors (Lipinski definition) is 1. The van der Waals surface area contributed by atoms with E-state index >= 15 is 0 Å². The summed E-state index contributed by atoms with van der Waals surface area (Å²) in [4.78, 5) is 16.6. The Morgan fingerprint density at radius 2 is 1.86 bits per heavy atom. The van der Waals surface area contributed by atoms with Crippen LogP contribution in [0.1, 0.15) is 36.0 Å². The first kappa shape index (κ1) is 15.8. The van der Waals surface area contributed by atoms with E-state index < -0.39 is 5.60 Å². The summed E-state index contributed by atoms with van der Waals surface area (Å²) in [5.41, 5.74) is 0.148. The number of amides is 1. The second-order valence-electron chi connectivity index (χ2n) is 6.51. The van der Waals surface area contributed by atoms with Crippen molar-refractivity contribution in [1.29, 1.82) is 0 Å². The summed E-state index contributed by atoms with van der Waals surface area (Å²) in [6.07, 6.45) is 4.08. The molecule has 1 aliphatic carbocycles. The van der Waals surface area contributed by atoms with Crippen molar-refractivity contribution in [2.45, 2.75) is 31.3 Å². The predicted molar refractivity (Wildman–Crippen MR) is 87.2 cm³/mol. The van der Waals surface area contributed by atoms with E-state index in [2.05, 4.69) is 4.90 Å². The third-order valence-electron chi connectivity index (χ3n) is 4.78. The fraction of sp³-hybridized carbons (Fsp3) is 0.588. The SMILES string of the molecule is O=C(c1cccc(Cl)c1)N1CCN(CC2(O)CCCC2)CC1. The number of nitrogens with zero attached hydrogens (tertiary/aromatic N) is 2. The van der Waals surface area contributed by atoms with Crippen LogP contribution in [0.3, 0.4) is 0 Å². The van der Waals surface area contributed by atoms with Crippen LogP contribution in [0.2, 0.25) is 5.02 Å². The molecule has 1 saturated carbocycles. The highest BCUT2D eigenvalue weighted by Crippen LogP contribution is 2.30. The number of hydrogen-bond acceptors (Lipinski definition) is 3. The Kier molecular flexibility index (Phi) is 4.71. The topological polar surface area (TPSA) is 43.8 Å². The molecule has 1 aromatic carbocycles. The smallest absolute Gasteiger partial charge is 0.253 e. The normalized spacial score (nSPS) is 22.0. The van der Waals surface area contributed by atoms with Gasteiger partial charge in [0.1, 0.15) is 0 Å². The molecule has 1 saturated heterocycles. The van der Waals surface area contributed by atoms with Gasteiger partial charge in [0.05, 0.1) is 5.60 Å². The Bertz CT molecular complexity index is 535. The molecule has 1 heterocycles. The lowest BCUT2D eigenvalue weighted by Crippen LogP contribution is -2.52. The fourth-order valence-electron chi connectivity index (χ4n) is 3.52. The number of aliphatic hydroxyl groups is 1. The maximum Gasteiger partial charge on any atom is 0.253 e. The minimum absolute atomic E-state index is 0.0433. The van der Waals surface area contributed by atoms with Crippen LogP contribution in [0.4, 0.5) is 0 Å². The zero-order valence-corrected chi connectivity index (χ0v) is 13.6. The number of carbonyl (C=O) groups is 1. The van der Waals surface area contributed by atoms with E-state index in [1.54, 1.807) is 18.2 Å². The molecule has 1 N–H and O–H groups in total. The van der Waals surface area contributed by atoms with Gasteiger partial charge in [-0.1, -0.05) is 30.5 Å². The van der Waals surface area contributed by atoms with Crippen LogP contribution in [-0.2, 0) is 0 Å². The molecular formula is C17H23ClN2O2. The maximum absolute atomic E-state index is 12.5. The zero-order chi connectivity index (χ0) is 15.6. The van der Waals surface area contributed by atoms with Crippen molar-refractivity contribution in [3.8, 4) is 0 Å². The predicted octanol–water partition coefficient (Wildman–Crippen LogP) is 2.40. The standard InChI is InChI=1S/C17H23ClN2O2/c18-15-5-3-4-14(12-15)16(21)20-10-8-19(9-11-20)13-17(22)6-1-2-7-17/h3-5,12,22H,1-2,6-11,13H2. The summed E-state index contributed by atoms with van der Waals surface area (Å²) in [5.74, 6) is 0.0433. The van der Waals surface area contributed by atoms with Crippen molar-refractivity contribution >= 4 is 17.5 Å². The van der Waals surface area contributed by atoms with Gasteiger partial charge >= 0.3 is 0 Å². The van der Waals surface area contributed by atoms with Gasteiger partial charge in [0.25, 0.3) is 5.91 Å². The summed E-state index contributed by atoms with van der Waals surface area (Å²) >= 11 is 5.95. The number of piperazine rings is 1. The lowest BCUT2D eigenvalue weighted by molar-refractivity contribution is -0.00316. The minimum atomic E-state index is -0.501. The van der Waals surface area contributed by atoms with Crippen LogP contribution < -0.4 is 0 Å². The monoisotopic (exact) mass is 322 g/mol. The largest absolute Gasteiger partial charge is 0.389 e. The van der Waals surface area contributed by atoms with Crippen LogP contribution in [0.25, 0.3) is 0 Å². The summed E-state index contributed by atoms with van der Waals surface area (Å²) in [5, 5.41) is 11.1. The second kappa shape index (κ2) is 6.57. The van der Waals surface area contributed by atoms with Gasteiger partial charge in [0.2, 0.25) is 0 Å². The number of benzene rings is 1. The number of carbonyl (C=O) groups excluding carboxylic acids is 1. The van der Waals surface area contributed by atoms with Crippen LogP contribution in [-0.4, -0.2) is 59.1 Å². The molecule has 22 heavy (non-hydrogen) atoms. The van der Waals surface area contributed by atoms with Crippen LogP contribution in [0.15, 0.2) is 24.3 Å². The van der Waals surface area contributed by atoms with Crippen molar-refractivity contribution in [3.63, 3.8) is 0 Å². The van der Waals surface area contributed by atoms with Crippen molar-refractivity contribution in [1.82, 2.24) is 9.80 Å². The molecule has 0 unspecified atom stereocenters. The molecule has 0 aromatic heterocycles. The van der Waals surface area contributed by atoms with Crippen LogP contribution in [0.5, 0.6) is 0 Å². The van der Waals surface area contributed by atoms with Gasteiger partial charge in [0.15, 0.2) is 0 Å². The zero-order valence-electron chi connectivity index (χ0n) is 12.8. The Labute approximate surface area is 136 Å². The molecule has 0 radical (unpaired) electrons. The molecule has 0 spiro atoms. The van der Waals surface area contributed by atoms with Gasteiger partial charge in [-0.2, -0.15) is 0 Å². The average Bonchev–Trinajstić information content (AvgIpc) is 2.93. The number of β-amino-alcohol motifs (C(OH)–C–C–N with tert-alkyl or cyclic N) is 1. The third kappa shape index (κ3) is 3.62. The van der Waals surface area contributed by atoms with Crippen LogP contribution >= 0.6 is 11.6 Å². The summed E-state index contributed by atoms with van der Waals surface area (Å²) in [7, 11) is 0. The van der Waals surface area contributed by atoms with Crippen molar-refractivity contribution < 1.29 is 9.90 Å². The number of rotatable bonds is 3. The van der Waals surface area contributed by atoms with E-state index in [1.165, 1.54) is 0 Å². The third-order valence-corrected chi connectivity index (χ3v) is 5.02. The molecule has 0 bridgehead atoms. The first-order valence-corrected chi connectivity index (χ1v) is 8.43. The molecule has 2 fully saturated rings. The van der Waals surface area contributed by atoms with Crippen molar-refractivity contribution in [2.75, 3.05) is 32.7 Å². The Morgan fingerprint density at radius 1 is 1.18 bits per heavy atom. The molecule has 4 nitrogen and oxygen atoms in total. The molecule has 1 aliphatic heterocycles. The van der Waals surface area contributed by atoms with E-state index in [-0.39, 0.29) is 5.91 Å².